The van der Waals surface area contributed by atoms with E-state index in [0.29, 0.717) is 19.4 Å². The first-order valence-corrected chi connectivity index (χ1v) is 6.72. The number of halogens is 3. The van der Waals surface area contributed by atoms with Crippen molar-refractivity contribution in [1.29, 1.82) is 0 Å². The van der Waals surface area contributed by atoms with Gasteiger partial charge in [-0.15, -0.1) is 0 Å². The number of hydrogen-bond donors (Lipinski definition) is 3. The van der Waals surface area contributed by atoms with Crippen molar-refractivity contribution >= 4 is 11.6 Å². The van der Waals surface area contributed by atoms with Crippen molar-refractivity contribution in [3.05, 3.63) is 23.8 Å². The molecule has 2 rings (SSSR count). The monoisotopic (exact) mass is 302 g/mol. The number of amides is 1. The van der Waals surface area contributed by atoms with Crippen LogP contribution in [0.25, 0.3) is 0 Å². The second-order valence-electron chi connectivity index (χ2n) is 5.30. The minimum Gasteiger partial charge on any atom is -0.506 e. The van der Waals surface area contributed by atoms with Gasteiger partial charge in [0, 0.05) is 12.0 Å². The SMILES string of the molecule is CC1CC(C(=O)Nc2cc(C(F)(F)F)ccc2O)CCN1. The molecule has 0 aliphatic carbocycles. The van der Waals surface area contributed by atoms with Crippen molar-refractivity contribution in [2.45, 2.75) is 32.0 Å². The highest BCUT2D eigenvalue weighted by Crippen LogP contribution is 2.34. The van der Waals surface area contributed by atoms with Gasteiger partial charge in [0.1, 0.15) is 5.75 Å². The van der Waals surface area contributed by atoms with Crippen LogP contribution in [0.1, 0.15) is 25.3 Å². The fourth-order valence-corrected chi connectivity index (χ4v) is 2.42. The number of hydrogen-bond acceptors (Lipinski definition) is 3. The Balaban J connectivity index is 2.13. The summed E-state index contributed by atoms with van der Waals surface area (Å²) >= 11 is 0. The minimum atomic E-state index is -4.52. The van der Waals surface area contributed by atoms with Gasteiger partial charge in [-0.25, -0.2) is 0 Å². The number of phenolic OH excluding ortho intramolecular Hbond substituents is 1. The Morgan fingerprint density at radius 1 is 1.43 bits per heavy atom. The molecule has 1 heterocycles. The maximum atomic E-state index is 12.6. The zero-order valence-electron chi connectivity index (χ0n) is 11.5. The number of carbonyl (C=O) groups is 1. The second-order valence-corrected chi connectivity index (χ2v) is 5.30. The van der Waals surface area contributed by atoms with Gasteiger partial charge in [0.2, 0.25) is 5.91 Å². The van der Waals surface area contributed by atoms with Gasteiger partial charge in [-0.1, -0.05) is 0 Å². The molecule has 1 aromatic carbocycles. The number of carbonyl (C=O) groups excluding carboxylic acids is 1. The van der Waals surface area contributed by atoms with Crippen LogP contribution in [-0.4, -0.2) is 23.6 Å². The lowest BCUT2D eigenvalue weighted by molar-refractivity contribution is -0.137. The Labute approximate surface area is 120 Å². The number of aromatic hydroxyl groups is 1. The molecule has 3 N–H and O–H groups in total. The van der Waals surface area contributed by atoms with Crippen LogP contribution in [-0.2, 0) is 11.0 Å². The van der Waals surface area contributed by atoms with E-state index in [-0.39, 0.29) is 29.3 Å². The average molecular weight is 302 g/mol. The van der Waals surface area contributed by atoms with Gasteiger partial charge in [-0.05, 0) is 44.5 Å². The molecule has 2 unspecified atom stereocenters. The van der Waals surface area contributed by atoms with E-state index in [1.807, 2.05) is 6.92 Å². The standard InChI is InChI=1S/C14H17F3N2O2/c1-8-6-9(4-5-18-8)13(21)19-11-7-10(14(15,16)17)2-3-12(11)20/h2-3,7-9,18,20H,4-6H2,1H3,(H,19,21). The summed E-state index contributed by atoms with van der Waals surface area (Å²) in [5.41, 5.74) is -1.12. The molecule has 1 fully saturated rings. The number of benzene rings is 1. The molecule has 0 aromatic heterocycles. The summed E-state index contributed by atoms with van der Waals surface area (Å²) in [5.74, 6) is -1.01. The number of nitrogens with one attached hydrogen (secondary N) is 2. The third-order valence-corrected chi connectivity index (χ3v) is 3.58. The van der Waals surface area contributed by atoms with Crippen LogP contribution in [0.5, 0.6) is 5.75 Å². The third kappa shape index (κ3) is 3.87. The Kier molecular flexibility index (Phi) is 4.41. The number of phenols is 1. The largest absolute Gasteiger partial charge is 0.506 e. The molecule has 0 spiro atoms. The van der Waals surface area contributed by atoms with Crippen LogP contribution < -0.4 is 10.6 Å². The maximum absolute atomic E-state index is 12.6. The topological polar surface area (TPSA) is 61.4 Å². The van der Waals surface area contributed by atoms with Crippen molar-refractivity contribution in [3.63, 3.8) is 0 Å². The van der Waals surface area contributed by atoms with Crippen LogP contribution in [0.3, 0.4) is 0 Å². The smallest absolute Gasteiger partial charge is 0.416 e. The zero-order chi connectivity index (χ0) is 15.6. The molecule has 1 saturated heterocycles. The molecule has 0 radical (unpaired) electrons. The van der Waals surface area contributed by atoms with Crippen LogP contribution in [0.4, 0.5) is 18.9 Å². The minimum absolute atomic E-state index is 0.185. The van der Waals surface area contributed by atoms with E-state index in [1.54, 1.807) is 0 Å². The molecule has 4 nitrogen and oxygen atoms in total. The van der Waals surface area contributed by atoms with Gasteiger partial charge in [0.15, 0.2) is 0 Å². The van der Waals surface area contributed by atoms with E-state index in [9.17, 15) is 23.1 Å². The summed E-state index contributed by atoms with van der Waals surface area (Å²) in [4.78, 5) is 12.1. The van der Waals surface area contributed by atoms with Gasteiger partial charge in [-0.3, -0.25) is 4.79 Å². The summed E-state index contributed by atoms with van der Waals surface area (Å²) in [6, 6.07) is 2.64. The lowest BCUT2D eigenvalue weighted by Gasteiger charge is -2.27. The Bertz CT molecular complexity index is 531. The van der Waals surface area contributed by atoms with E-state index >= 15 is 0 Å². The zero-order valence-corrected chi connectivity index (χ0v) is 11.5. The summed E-state index contributed by atoms with van der Waals surface area (Å²) in [6.45, 7) is 2.63. The Morgan fingerprint density at radius 3 is 2.76 bits per heavy atom. The van der Waals surface area contributed by atoms with Crippen LogP contribution in [0.2, 0.25) is 0 Å². The lowest BCUT2D eigenvalue weighted by Crippen LogP contribution is -2.40. The lowest BCUT2D eigenvalue weighted by atomic mass is 9.92. The molecular formula is C14H17F3N2O2. The van der Waals surface area contributed by atoms with E-state index in [1.165, 1.54) is 0 Å². The summed E-state index contributed by atoms with van der Waals surface area (Å²) in [7, 11) is 0. The number of alkyl halides is 3. The second kappa shape index (κ2) is 5.93. The highest BCUT2D eigenvalue weighted by Gasteiger charge is 2.32. The van der Waals surface area contributed by atoms with Crippen molar-refractivity contribution in [3.8, 4) is 5.75 Å². The maximum Gasteiger partial charge on any atom is 0.416 e. The molecule has 0 saturated carbocycles. The first-order chi connectivity index (χ1) is 9.77. The fraction of sp³-hybridized carbons (Fsp3) is 0.500. The van der Waals surface area contributed by atoms with E-state index in [4.69, 9.17) is 0 Å². The highest BCUT2D eigenvalue weighted by molar-refractivity contribution is 5.94. The molecule has 1 aliphatic heterocycles. The molecule has 21 heavy (non-hydrogen) atoms. The summed E-state index contributed by atoms with van der Waals surface area (Å²) in [6.07, 6.45) is -3.28. The molecular weight excluding hydrogens is 285 g/mol. The van der Waals surface area contributed by atoms with Gasteiger partial charge < -0.3 is 15.7 Å². The van der Waals surface area contributed by atoms with Crippen molar-refractivity contribution in [1.82, 2.24) is 5.32 Å². The summed E-state index contributed by atoms with van der Waals surface area (Å²) < 4.78 is 37.9. The van der Waals surface area contributed by atoms with Crippen LogP contribution in [0, 0.1) is 5.92 Å². The van der Waals surface area contributed by atoms with Crippen molar-refractivity contribution < 1.29 is 23.1 Å². The molecule has 0 bridgehead atoms. The molecule has 7 heteroatoms. The van der Waals surface area contributed by atoms with Crippen molar-refractivity contribution in [2.24, 2.45) is 5.92 Å². The Hall–Kier alpha value is -1.76. The highest BCUT2D eigenvalue weighted by atomic mass is 19.4. The van der Waals surface area contributed by atoms with Crippen LogP contribution in [0.15, 0.2) is 18.2 Å². The van der Waals surface area contributed by atoms with Gasteiger partial charge in [0.25, 0.3) is 0 Å². The predicted octanol–water partition coefficient (Wildman–Crippen LogP) is 2.74. The van der Waals surface area contributed by atoms with Gasteiger partial charge >= 0.3 is 6.18 Å². The average Bonchev–Trinajstić information content (AvgIpc) is 2.40. The number of rotatable bonds is 2. The van der Waals surface area contributed by atoms with Gasteiger partial charge in [0.05, 0.1) is 11.3 Å². The normalized spacial score (nSPS) is 22.9. The first kappa shape index (κ1) is 15.6. The molecule has 1 aliphatic rings. The van der Waals surface area contributed by atoms with E-state index in [0.717, 1.165) is 18.2 Å². The molecule has 1 amide bonds. The molecule has 1 aromatic rings. The predicted molar refractivity (Wildman–Crippen MR) is 71.9 cm³/mol. The van der Waals surface area contributed by atoms with Crippen molar-refractivity contribution in [2.75, 3.05) is 11.9 Å². The quantitative estimate of drug-likeness (QED) is 0.736. The van der Waals surface area contributed by atoms with E-state index < -0.39 is 11.7 Å². The number of piperidine rings is 1. The summed E-state index contributed by atoms with van der Waals surface area (Å²) in [5, 5.41) is 15.2. The fourth-order valence-electron chi connectivity index (χ4n) is 2.42. The van der Waals surface area contributed by atoms with Gasteiger partial charge in [-0.2, -0.15) is 13.2 Å². The number of anilines is 1. The van der Waals surface area contributed by atoms with Crippen LogP contribution >= 0.6 is 0 Å². The Morgan fingerprint density at radius 2 is 2.14 bits per heavy atom. The molecule has 2 atom stereocenters. The first-order valence-electron chi connectivity index (χ1n) is 6.72. The molecule has 116 valence electrons. The van der Waals surface area contributed by atoms with E-state index in [2.05, 4.69) is 10.6 Å². The third-order valence-electron chi connectivity index (χ3n) is 3.58.